The molecule has 0 spiro atoms. The number of rotatable bonds is 4. The van der Waals surface area contributed by atoms with E-state index in [1.165, 1.54) is 10.6 Å². The third kappa shape index (κ3) is 3.55. The maximum absolute atomic E-state index is 13.8. The van der Waals surface area contributed by atoms with Crippen molar-refractivity contribution in [2.24, 2.45) is 4.99 Å². The van der Waals surface area contributed by atoms with Crippen LogP contribution in [0.4, 0.5) is 8.78 Å². The van der Waals surface area contributed by atoms with Crippen molar-refractivity contribution in [1.82, 2.24) is 4.57 Å². The van der Waals surface area contributed by atoms with E-state index in [1.807, 2.05) is 0 Å². The van der Waals surface area contributed by atoms with Crippen LogP contribution in [-0.2, 0) is 16.1 Å². The molecule has 1 heterocycles. The Bertz CT molecular complexity index is 1040. The Balaban J connectivity index is 2.13. The van der Waals surface area contributed by atoms with Gasteiger partial charge >= 0.3 is 5.97 Å². The molecule has 134 valence electrons. The number of aromatic nitrogens is 1. The van der Waals surface area contributed by atoms with Crippen molar-refractivity contribution < 1.29 is 23.1 Å². The molecule has 0 N–H and O–H groups in total. The number of thiazole rings is 1. The summed E-state index contributed by atoms with van der Waals surface area (Å²) in [6.07, 6.45) is 0. The molecule has 0 aliphatic carbocycles. The lowest BCUT2D eigenvalue weighted by molar-refractivity contribution is -0.143. The molecule has 0 fully saturated rings. The van der Waals surface area contributed by atoms with Crippen LogP contribution in [0.3, 0.4) is 0 Å². The Labute approximate surface area is 151 Å². The van der Waals surface area contributed by atoms with E-state index in [9.17, 15) is 18.4 Å². The largest absolute Gasteiger partial charge is 0.465 e. The first kappa shape index (κ1) is 17.9. The molecule has 1 amide bonds. The fourth-order valence-corrected chi connectivity index (χ4v) is 3.47. The van der Waals surface area contributed by atoms with Crippen LogP contribution in [0.5, 0.6) is 0 Å². The number of benzene rings is 2. The minimum atomic E-state index is -1.05. The summed E-state index contributed by atoms with van der Waals surface area (Å²) in [5.41, 5.74) is -0.0567. The van der Waals surface area contributed by atoms with Gasteiger partial charge in [-0.2, -0.15) is 4.99 Å². The molecule has 3 rings (SSSR count). The molecule has 0 saturated heterocycles. The van der Waals surface area contributed by atoms with Crippen LogP contribution in [0, 0.1) is 11.6 Å². The molecule has 0 aliphatic rings. The highest BCUT2D eigenvalue weighted by Crippen LogP contribution is 2.18. The van der Waals surface area contributed by atoms with Gasteiger partial charge in [0.1, 0.15) is 23.7 Å². The van der Waals surface area contributed by atoms with Crippen molar-refractivity contribution >= 4 is 33.4 Å². The van der Waals surface area contributed by atoms with Crippen molar-refractivity contribution in [3.8, 4) is 0 Å². The normalized spacial score (nSPS) is 11.7. The first-order valence-electron chi connectivity index (χ1n) is 7.78. The third-order valence-electron chi connectivity index (χ3n) is 3.55. The first-order valence-corrected chi connectivity index (χ1v) is 8.60. The number of ether oxygens (including phenoxy) is 1. The maximum atomic E-state index is 13.8. The number of carbonyl (C=O) groups is 2. The molecular weight excluding hydrogens is 362 g/mol. The van der Waals surface area contributed by atoms with Crippen LogP contribution < -0.4 is 4.80 Å². The second kappa shape index (κ2) is 7.57. The highest BCUT2D eigenvalue weighted by molar-refractivity contribution is 7.16. The van der Waals surface area contributed by atoms with Gasteiger partial charge < -0.3 is 9.30 Å². The van der Waals surface area contributed by atoms with E-state index in [1.54, 1.807) is 31.2 Å². The summed E-state index contributed by atoms with van der Waals surface area (Å²) >= 11 is 1.14. The van der Waals surface area contributed by atoms with Gasteiger partial charge in [-0.25, -0.2) is 8.78 Å². The fraction of sp³-hybridized carbons (Fsp3) is 0.167. The lowest BCUT2D eigenvalue weighted by Gasteiger charge is -2.05. The van der Waals surface area contributed by atoms with Gasteiger partial charge in [0, 0.05) is 0 Å². The van der Waals surface area contributed by atoms with Gasteiger partial charge in [0.15, 0.2) is 4.80 Å². The number of hydrogen-bond donors (Lipinski definition) is 0. The van der Waals surface area contributed by atoms with Crippen LogP contribution in [0.1, 0.15) is 17.3 Å². The van der Waals surface area contributed by atoms with Crippen LogP contribution in [0.25, 0.3) is 10.2 Å². The number of amides is 1. The number of halogens is 2. The Morgan fingerprint density at radius 2 is 1.81 bits per heavy atom. The average Bonchev–Trinajstić information content (AvgIpc) is 2.92. The molecule has 0 aliphatic heterocycles. The number of fused-ring (bicyclic) bond motifs is 1. The number of carbonyl (C=O) groups excluding carboxylic acids is 2. The van der Waals surface area contributed by atoms with Crippen LogP contribution in [-0.4, -0.2) is 23.1 Å². The minimum absolute atomic E-state index is 0.159. The van der Waals surface area contributed by atoms with E-state index in [0.717, 1.165) is 28.2 Å². The average molecular weight is 376 g/mol. The summed E-state index contributed by atoms with van der Waals surface area (Å²) < 4.78 is 34.9. The third-order valence-corrected chi connectivity index (χ3v) is 4.61. The van der Waals surface area contributed by atoms with E-state index < -0.39 is 29.1 Å². The zero-order valence-electron chi connectivity index (χ0n) is 13.7. The molecule has 0 unspecified atom stereocenters. The number of nitrogens with zero attached hydrogens (tertiary/aromatic N) is 2. The van der Waals surface area contributed by atoms with Crippen LogP contribution in [0.15, 0.2) is 47.5 Å². The summed E-state index contributed by atoms with van der Waals surface area (Å²) in [7, 11) is 0. The zero-order chi connectivity index (χ0) is 18.7. The maximum Gasteiger partial charge on any atom is 0.326 e. The predicted octanol–water partition coefficient (Wildman–Crippen LogP) is 3.29. The molecule has 0 atom stereocenters. The van der Waals surface area contributed by atoms with E-state index in [4.69, 9.17) is 4.74 Å². The monoisotopic (exact) mass is 376 g/mol. The summed E-state index contributed by atoms with van der Waals surface area (Å²) in [6.45, 7) is 1.74. The standard InChI is InChI=1S/C18H14F2N2O3S/c1-2-25-15(23)10-22-13-8-3-4-9-14(13)26-18(22)21-17(24)16-11(19)6-5-7-12(16)20/h3-9H,2,10H2,1H3. The SMILES string of the molecule is CCOC(=O)Cn1c(=NC(=O)c2c(F)cccc2F)sc2ccccc21. The zero-order valence-corrected chi connectivity index (χ0v) is 14.6. The van der Waals surface area contributed by atoms with Gasteiger partial charge in [-0.05, 0) is 31.2 Å². The summed E-state index contributed by atoms with van der Waals surface area (Å²) in [5, 5.41) is 0. The second-order valence-electron chi connectivity index (χ2n) is 5.26. The Hall–Kier alpha value is -2.87. The smallest absolute Gasteiger partial charge is 0.326 e. The first-order chi connectivity index (χ1) is 12.5. The van der Waals surface area contributed by atoms with Crippen LogP contribution in [0.2, 0.25) is 0 Å². The second-order valence-corrected chi connectivity index (χ2v) is 6.27. The Morgan fingerprint density at radius 1 is 1.12 bits per heavy atom. The molecule has 2 aromatic carbocycles. The molecule has 5 nitrogen and oxygen atoms in total. The lowest BCUT2D eigenvalue weighted by Crippen LogP contribution is -2.23. The van der Waals surface area contributed by atoms with Gasteiger partial charge in [0.25, 0.3) is 5.91 Å². The lowest BCUT2D eigenvalue weighted by atomic mass is 10.2. The van der Waals surface area contributed by atoms with E-state index in [2.05, 4.69) is 4.99 Å². The Kier molecular flexibility index (Phi) is 5.22. The van der Waals surface area contributed by atoms with Gasteiger partial charge in [-0.15, -0.1) is 0 Å². The van der Waals surface area contributed by atoms with Gasteiger partial charge in [0.05, 0.1) is 16.8 Å². The Morgan fingerprint density at radius 3 is 2.50 bits per heavy atom. The quantitative estimate of drug-likeness (QED) is 0.657. The molecule has 3 aromatic rings. The molecule has 26 heavy (non-hydrogen) atoms. The molecule has 8 heteroatoms. The highest BCUT2D eigenvalue weighted by atomic mass is 32.1. The van der Waals surface area contributed by atoms with E-state index >= 15 is 0 Å². The number of para-hydroxylation sites is 1. The van der Waals surface area contributed by atoms with Crippen molar-refractivity contribution in [3.63, 3.8) is 0 Å². The van der Waals surface area contributed by atoms with Crippen molar-refractivity contribution in [2.75, 3.05) is 6.61 Å². The topological polar surface area (TPSA) is 60.7 Å². The number of hydrogen-bond acceptors (Lipinski definition) is 4. The summed E-state index contributed by atoms with van der Waals surface area (Å²) in [4.78, 5) is 28.2. The predicted molar refractivity (Wildman–Crippen MR) is 92.7 cm³/mol. The highest BCUT2D eigenvalue weighted by Gasteiger charge is 2.18. The van der Waals surface area contributed by atoms with Gasteiger partial charge in [-0.1, -0.05) is 29.5 Å². The fourth-order valence-electron chi connectivity index (χ4n) is 2.44. The molecule has 1 aromatic heterocycles. The van der Waals surface area contributed by atoms with Gasteiger partial charge in [-0.3, -0.25) is 9.59 Å². The van der Waals surface area contributed by atoms with Crippen molar-refractivity contribution in [1.29, 1.82) is 0 Å². The van der Waals surface area contributed by atoms with Crippen molar-refractivity contribution in [2.45, 2.75) is 13.5 Å². The van der Waals surface area contributed by atoms with Gasteiger partial charge in [0.2, 0.25) is 0 Å². The molecule has 0 radical (unpaired) electrons. The molecule has 0 saturated carbocycles. The van der Waals surface area contributed by atoms with Crippen LogP contribution >= 0.6 is 11.3 Å². The van der Waals surface area contributed by atoms with Crippen molar-refractivity contribution in [3.05, 3.63) is 64.5 Å². The number of esters is 1. The molecule has 0 bridgehead atoms. The molecular formula is C18H14F2N2O3S. The summed E-state index contributed by atoms with van der Waals surface area (Å²) in [5.74, 6) is -3.53. The van der Waals surface area contributed by atoms with E-state index in [-0.39, 0.29) is 18.0 Å². The summed E-state index contributed by atoms with van der Waals surface area (Å²) in [6, 6.07) is 10.3. The van der Waals surface area contributed by atoms with E-state index in [0.29, 0.717) is 5.52 Å². The minimum Gasteiger partial charge on any atom is -0.465 e.